The Bertz CT molecular complexity index is 928. The van der Waals surface area contributed by atoms with Crippen LogP contribution in [0, 0.1) is 5.82 Å². The lowest BCUT2D eigenvalue weighted by atomic mass is 10.1. The molecule has 1 amide bonds. The van der Waals surface area contributed by atoms with E-state index in [1.54, 1.807) is 31.2 Å². The van der Waals surface area contributed by atoms with Gasteiger partial charge in [0.25, 0.3) is 5.91 Å². The fourth-order valence-electron chi connectivity index (χ4n) is 2.45. The van der Waals surface area contributed by atoms with Crippen LogP contribution in [0.3, 0.4) is 0 Å². The van der Waals surface area contributed by atoms with Crippen LogP contribution in [0.25, 0.3) is 5.69 Å². The largest absolute Gasteiger partial charge is 0.465 e. The number of hydrogen-bond donors (Lipinski definition) is 0. The summed E-state index contributed by atoms with van der Waals surface area (Å²) >= 11 is 0. The SMILES string of the molecule is CCOC(=O)CN(C(=O)c1cccc(-n2cnnn2)c1)c1ccc(F)cc1. The van der Waals surface area contributed by atoms with E-state index in [0.717, 1.165) is 0 Å². The number of tetrazole rings is 1. The highest BCUT2D eigenvalue weighted by Crippen LogP contribution is 2.19. The van der Waals surface area contributed by atoms with Gasteiger partial charge in [0.15, 0.2) is 0 Å². The Kier molecular flexibility index (Phi) is 5.50. The molecule has 9 heteroatoms. The summed E-state index contributed by atoms with van der Waals surface area (Å²) in [6, 6.07) is 11.9. The summed E-state index contributed by atoms with van der Waals surface area (Å²) in [4.78, 5) is 26.2. The number of hydrogen-bond acceptors (Lipinski definition) is 6. The molecule has 0 atom stereocenters. The first-order chi connectivity index (χ1) is 13.1. The molecule has 3 aromatic rings. The smallest absolute Gasteiger partial charge is 0.326 e. The summed E-state index contributed by atoms with van der Waals surface area (Å²) in [5, 5.41) is 10.9. The Hall–Kier alpha value is -3.62. The molecule has 0 bridgehead atoms. The maximum Gasteiger partial charge on any atom is 0.326 e. The quantitative estimate of drug-likeness (QED) is 0.618. The van der Waals surface area contributed by atoms with Crippen LogP contribution in [0.2, 0.25) is 0 Å². The van der Waals surface area contributed by atoms with Crippen molar-refractivity contribution in [2.45, 2.75) is 6.92 Å². The second-order valence-corrected chi connectivity index (χ2v) is 5.48. The molecule has 138 valence electrons. The number of aromatic nitrogens is 4. The number of benzene rings is 2. The van der Waals surface area contributed by atoms with Crippen LogP contribution < -0.4 is 4.90 Å². The highest BCUT2D eigenvalue weighted by Gasteiger charge is 2.22. The third-order valence-electron chi connectivity index (χ3n) is 3.68. The van der Waals surface area contributed by atoms with Gasteiger partial charge < -0.3 is 4.74 Å². The Morgan fingerprint density at radius 1 is 1.19 bits per heavy atom. The van der Waals surface area contributed by atoms with Crippen LogP contribution in [0.15, 0.2) is 54.9 Å². The van der Waals surface area contributed by atoms with Gasteiger partial charge in [-0.05, 0) is 59.8 Å². The molecule has 0 N–H and O–H groups in total. The van der Waals surface area contributed by atoms with Gasteiger partial charge in [0.2, 0.25) is 0 Å². The number of halogens is 1. The monoisotopic (exact) mass is 369 g/mol. The average Bonchev–Trinajstić information content (AvgIpc) is 3.22. The predicted molar refractivity (Wildman–Crippen MR) is 93.9 cm³/mol. The van der Waals surface area contributed by atoms with Crippen LogP contribution in [0.5, 0.6) is 0 Å². The minimum Gasteiger partial charge on any atom is -0.465 e. The number of carbonyl (C=O) groups excluding carboxylic acids is 2. The van der Waals surface area contributed by atoms with E-state index in [2.05, 4.69) is 15.5 Å². The summed E-state index contributed by atoms with van der Waals surface area (Å²) in [6.07, 6.45) is 1.40. The molecule has 0 aliphatic carbocycles. The highest BCUT2D eigenvalue weighted by molar-refractivity contribution is 6.08. The maximum absolute atomic E-state index is 13.3. The van der Waals surface area contributed by atoms with Crippen molar-refractivity contribution >= 4 is 17.6 Å². The van der Waals surface area contributed by atoms with E-state index in [-0.39, 0.29) is 13.2 Å². The summed E-state index contributed by atoms with van der Waals surface area (Å²) in [6.45, 7) is 1.57. The molecule has 3 rings (SSSR count). The molecule has 1 aromatic heterocycles. The average molecular weight is 369 g/mol. The lowest BCUT2D eigenvalue weighted by Gasteiger charge is -2.22. The van der Waals surface area contributed by atoms with E-state index >= 15 is 0 Å². The fraction of sp³-hybridized carbons (Fsp3) is 0.167. The van der Waals surface area contributed by atoms with Gasteiger partial charge in [0.1, 0.15) is 18.7 Å². The van der Waals surface area contributed by atoms with Gasteiger partial charge in [-0.1, -0.05) is 6.07 Å². The van der Waals surface area contributed by atoms with Crippen molar-refractivity contribution in [2.75, 3.05) is 18.1 Å². The minimum atomic E-state index is -0.563. The molecule has 8 nitrogen and oxygen atoms in total. The van der Waals surface area contributed by atoms with Gasteiger partial charge >= 0.3 is 5.97 Å². The van der Waals surface area contributed by atoms with Gasteiger partial charge in [-0.2, -0.15) is 0 Å². The topological polar surface area (TPSA) is 90.2 Å². The second-order valence-electron chi connectivity index (χ2n) is 5.48. The zero-order valence-corrected chi connectivity index (χ0v) is 14.4. The van der Waals surface area contributed by atoms with Crippen LogP contribution in [0.4, 0.5) is 10.1 Å². The van der Waals surface area contributed by atoms with Crippen molar-refractivity contribution in [3.63, 3.8) is 0 Å². The number of carbonyl (C=O) groups is 2. The standard InChI is InChI=1S/C18H16FN5O3/c1-2-27-17(25)11-23(15-8-6-14(19)7-9-15)18(26)13-4-3-5-16(10-13)24-12-20-21-22-24/h3-10,12H,2,11H2,1H3. The molecule has 0 spiro atoms. The van der Waals surface area contributed by atoms with Crippen molar-refractivity contribution in [3.05, 3.63) is 66.2 Å². The molecule has 0 aliphatic heterocycles. The van der Waals surface area contributed by atoms with Crippen LogP contribution in [-0.2, 0) is 9.53 Å². The van der Waals surface area contributed by atoms with Crippen molar-refractivity contribution in [2.24, 2.45) is 0 Å². The number of rotatable bonds is 6. The molecule has 0 radical (unpaired) electrons. The van der Waals surface area contributed by atoms with Crippen molar-refractivity contribution in [3.8, 4) is 5.69 Å². The van der Waals surface area contributed by atoms with E-state index < -0.39 is 17.7 Å². The first-order valence-corrected chi connectivity index (χ1v) is 8.15. The van der Waals surface area contributed by atoms with Gasteiger partial charge in [-0.25, -0.2) is 9.07 Å². The number of amides is 1. The van der Waals surface area contributed by atoms with Gasteiger partial charge in [0, 0.05) is 11.3 Å². The Balaban J connectivity index is 1.93. The first-order valence-electron chi connectivity index (χ1n) is 8.15. The van der Waals surface area contributed by atoms with E-state index in [4.69, 9.17) is 4.74 Å². The molecular formula is C18H16FN5O3. The molecule has 27 heavy (non-hydrogen) atoms. The van der Waals surface area contributed by atoms with Crippen molar-refractivity contribution < 1.29 is 18.7 Å². The van der Waals surface area contributed by atoms with E-state index in [1.807, 2.05) is 0 Å². The lowest BCUT2D eigenvalue weighted by molar-refractivity contribution is -0.141. The Morgan fingerprint density at radius 2 is 1.96 bits per heavy atom. The molecule has 0 unspecified atom stereocenters. The summed E-state index contributed by atoms with van der Waals surface area (Å²) in [7, 11) is 0. The highest BCUT2D eigenvalue weighted by atomic mass is 19.1. The Morgan fingerprint density at radius 3 is 2.63 bits per heavy atom. The fourth-order valence-corrected chi connectivity index (χ4v) is 2.45. The maximum atomic E-state index is 13.3. The predicted octanol–water partition coefficient (Wildman–Crippen LogP) is 2.01. The number of ether oxygens (including phenoxy) is 1. The van der Waals surface area contributed by atoms with Crippen LogP contribution in [0.1, 0.15) is 17.3 Å². The molecule has 2 aromatic carbocycles. The molecule has 0 fully saturated rings. The molecule has 0 aliphatic rings. The third kappa shape index (κ3) is 4.32. The van der Waals surface area contributed by atoms with Gasteiger partial charge in [-0.3, -0.25) is 14.5 Å². The molecule has 0 saturated carbocycles. The zero-order valence-electron chi connectivity index (χ0n) is 14.4. The van der Waals surface area contributed by atoms with Crippen molar-refractivity contribution in [1.82, 2.24) is 20.2 Å². The number of nitrogens with zero attached hydrogens (tertiary/aromatic N) is 5. The third-order valence-corrected chi connectivity index (χ3v) is 3.68. The van der Waals surface area contributed by atoms with Gasteiger partial charge in [-0.15, -0.1) is 5.10 Å². The van der Waals surface area contributed by atoms with Crippen LogP contribution in [-0.4, -0.2) is 45.2 Å². The van der Waals surface area contributed by atoms with E-state index in [1.165, 1.54) is 40.2 Å². The first kappa shape index (κ1) is 18.2. The molecule has 0 saturated heterocycles. The Labute approximate surface area is 154 Å². The number of anilines is 1. The normalized spacial score (nSPS) is 10.4. The lowest BCUT2D eigenvalue weighted by Crippen LogP contribution is -2.36. The second kappa shape index (κ2) is 8.17. The summed E-state index contributed by atoms with van der Waals surface area (Å²) in [5.74, 6) is -1.45. The minimum absolute atomic E-state index is 0.194. The van der Waals surface area contributed by atoms with Crippen LogP contribution >= 0.6 is 0 Å². The van der Waals surface area contributed by atoms with E-state index in [9.17, 15) is 14.0 Å². The van der Waals surface area contributed by atoms with Crippen molar-refractivity contribution in [1.29, 1.82) is 0 Å². The number of esters is 1. The molecule has 1 heterocycles. The van der Waals surface area contributed by atoms with E-state index in [0.29, 0.717) is 16.9 Å². The van der Waals surface area contributed by atoms with Gasteiger partial charge in [0.05, 0.1) is 12.3 Å². The molecular weight excluding hydrogens is 353 g/mol. The zero-order chi connectivity index (χ0) is 19.2. The summed E-state index contributed by atoms with van der Waals surface area (Å²) < 4.78 is 19.6. The summed E-state index contributed by atoms with van der Waals surface area (Å²) in [5.41, 5.74) is 1.28.